The molecule has 1 aromatic carbocycles. The Kier molecular flexibility index (Phi) is 2.97. The fraction of sp³-hybridized carbons (Fsp3) is 0.333. The Morgan fingerprint density at radius 1 is 1.40 bits per heavy atom. The van der Waals surface area contributed by atoms with Gasteiger partial charge in [0.05, 0.1) is 18.2 Å². The maximum Gasteiger partial charge on any atom is 0.232 e. The van der Waals surface area contributed by atoms with Crippen molar-refractivity contribution in [3.05, 3.63) is 36.0 Å². The van der Waals surface area contributed by atoms with E-state index in [9.17, 15) is 4.79 Å². The van der Waals surface area contributed by atoms with E-state index in [1.54, 1.807) is 14.2 Å². The molecular weight excluding hydrogens is 256 g/mol. The minimum absolute atomic E-state index is 0.00277. The Bertz CT molecular complexity index is 644. The second kappa shape index (κ2) is 4.67. The minimum atomic E-state index is -0.491. The molecule has 0 radical (unpaired) electrons. The minimum Gasteiger partial charge on any atom is -0.497 e. The quantitative estimate of drug-likeness (QED) is 0.926. The average Bonchev–Trinajstić information content (AvgIpc) is 3.16. The van der Waals surface area contributed by atoms with Crippen LogP contribution >= 0.6 is 0 Å². The van der Waals surface area contributed by atoms with Crippen LogP contribution in [0.4, 0.5) is 0 Å². The number of methoxy groups -OCH3 is 1. The van der Waals surface area contributed by atoms with E-state index in [1.807, 2.05) is 30.3 Å². The Morgan fingerprint density at radius 3 is 2.85 bits per heavy atom. The molecule has 0 spiro atoms. The van der Waals surface area contributed by atoms with E-state index in [2.05, 4.69) is 10.5 Å². The zero-order valence-corrected chi connectivity index (χ0v) is 11.5. The molecule has 0 saturated heterocycles. The number of carbonyl (C=O) groups excluding carboxylic acids is 1. The lowest BCUT2D eigenvalue weighted by atomic mass is 10.0. The van der Waals surface area contributed by atoms with Gasteiger partial charge in [-0.1, -0.05) is 17.3 Å². The number of amides is 1. The van der Waals surface area contributed by atoms with Crippen LogP contribution in [-0.4, -0.2) is 25.2 Å². The molecule has 0 unspecified atom stereocenters. The molecule has 0 atom stereocenters. The number of carbonyl (C=O) groups is 1. The summed E-state index contributed by atoms with van der Waals surface area (Å²) in [5.74, 6) is 1.41. The van der Waals surface area contributed by atoms with Gasteiger partial charge in [-0.2, -0.15) is 0 Å². The first-order valence-electron chi connectivity index (χ1n) is 6.53. The van der Waals surface area contributed by atoms with Crippen LogP contribution in [0.25, 0.3) is 11.3 Å². The number of ether oxygens (including phenoxy) is 1. The molecule has 1 N–H and O–H groups in total. The van der Waals surface area contributed by atoms with Crippen molar-refractivity contribution in [2.75, 3.05) is 14.2 Å². The topological polar surface area (TPSA) is 64.4 Å². The predicted octanol–water partition coefficient (Wildman–Crippen LogP) is 2.13. The van der Waals surface area contributed by atoms with Gasteiger partial charge in [0.2, 0.25) is 5.91 Å². The summed E-state index contributed by atoms with van der Waals surface area (Å²) >= 11 is 0. The molecule has 2 aromatic rings. The Morgan fingerprint density at radius 2 is 2.20 bits per heavy atom. The number of nitrogens with zero attached hydrogens (tertiary/aromatic N) is 1. The normalized spacial score (nSPS) is 15.7. The summed E-state index contributed by atoms with van der Waals surface area (Å²) in [6, 6.07) is 9.41. The SMILES string of the molecule is CNC(=O)C1(c2cc(-c3cccc(OC)c3)on2)CC1. The van der Waals surface area contributed by atoms with Gasteiger partial charge in [0.15, 0.2) is 5.76 Å². The largest absolute Gasteiger partial charge is 0.497 e. The second-order valence-electron chi connectivity index (χ2n) is 4.97. The molecule has 5 nitrogen and oxygen atoms in total. The van der Waals surface area contributed by atoms with E-state index in [1.165, 1.54) is 0 Å². The first kappa shape index (κ1) is 12.7. The van der Waals surface area contributed by atoms with Crippen molar-refractivity contribution in [3.63, 3.8) is 0 Å². The van der Waals surface area contributed by atoms with Crippen molar-refractivity contribution in [2.45, 2.75) is 18.3 Å². The second-order valence-corrected chi connectivity index (χ2v) is 4.97. The average molecular weight is 272 g/mol. The summed E-state index contributed by atoms with van der Waals surface area (Å²) in [5.41, 5.74) is 1.10. The molecule has 0 aliphatic heterocycles. The Labute approximate surface area is 116 Å². The zero-order chi connectivity index (χ0) is 14.2. The van der Waals surface area contributed by atoms with Crippen molar-refractivity contribution in [1.29, 1.82) is 0 Å². The number of rotatable bonds is 4. The van der Waals surface area contributed by atoms with E-state index >= 15 is 0 Å². The molecule has 104 valence electrons. The molecule has 1 saturated carbocycles. The van der Waals surface area contributed by atoms with Gasteiger partial charge in [0.25, 0.3) is 0 Å². The highest BCUT2D eigenvalue weighted by Gasteiger charge is 2.53. The summed E-state index contributed by atoms with van der Waals surface area (Å²) in [5, 5.41) is 6.77. The van der Waals surface area contributed by atoms with Crippen LogP contribution in [0.3, 0.4) is 0 Å². The fourth-order valence-electron chi connectivity index (χ4n) is 2.38. The van der Waals surface area contributed by atoms with E-state index in [4.69, 9.17) is 9.26 Å². The maximum atomic E-state index is 11.9. The number of aromatic nitrogens is 1. The number of benzene rings is 1. The lowest BCUT2D eigenvalue weighted by Crippen LogP contribution is -2.32. The zero-order valence-electron chi connectivity index (χ0n) is 11.5. The molecule has 1 aliphatic carbocycles. The standard InChI is InChI=1S/C15H16N2O3/c1-16-14(18)15(6-7-15)13-9-12(20-17-13)10-4-3-5-11(8-10)19-2/h3-5,8-9H,6-7H2,1-2H3,(H,16,18). The van der Waals surface area contributed by atoms with Gasteiger partial charge >= 0.3 is 0 Å². The smallest absolute Gasteiger partial charge is 0.232 e. The van der Waals surface area contributed by atoms with Crippen molar-refractivity contribution in [3.8, 4) is 17.1 Å². The Balaban J connectivity index is 1.92. The van der Waals surface area contributed by atoms with Crippen LogP contribution in [-0.2, 0) is 10.2 Å². The van der Waals surface area contributed by atoms with Crippen LogP contribution in [0, 0.1) is 0 Å². The molecular formula is C15H16N2O3. The molecule has 1 amide bonds. The molecule has 1 heterocycles. The molecule has 5 heteroatoms. The third kappa shape index (κ3) is 1.95. The fourth-order valence-corrected chi connectivity index (χ4v) is 2.38. The van der Waals surface area contributed by atoms with Gasteiger partial charge in [0.1, 0.15) is 5.75 Å². The predicted molar refractivity (Wildman–Crippen MR) is 73.5 cm³/mol. The van der Waals surface area contributed by atoms with E-state index < -0.39 is 5.41 Å². The van der Waals surface area contributed by atoms with Crippen LogP contribution in [0.2, 0.25) is 0 Å². The maximum absolute atomic E-state index is 11.9. The van der Waals surface area contributed by atoms with Gasteiger partial charge in [-0.05, 0) is 25.0 Å². The lowest BCUT2D eigenvalue weighted by Gasteiger charge is -2.08. The van der Waals surface area contributed by atoms with Gasteiger partial charge in [-0.25, -0.2) is 0 Å². The van der Waals surface area contributed by atoms with Crippen LogP contribution in [0.5, 0.6) is 5.75 Å². The van der Waals surface area contributed by atoms with Gasteiger partial charge < -0.3 is 14.6 Å². The molecule has 0 bridgehead atoms. The molecule has 1 aliphatic rings. The summed E-state index contributed by atoms with van der Waals surface area (Å²) in [6.45, 7) is 0. The van der Waals surface area contributed by atoms with Gasteiger partial charge in [-0.15, -0.1) is 0 Å². The third-order valence-electron chi connectivity index (χ3n) is 3.77. The third-order valence-corrected chi connectivity index (χ3v) is 3.77. The Hall–Kier alpha value is -2.30. The highest BCUT2D eigenvalue weighted by molar-refractivity contribution is 5.90. The van der Waals surface area contributed by atoms with Crippen LogP contribution in [0.1, 0.15) is 18.5 Å². The van der Waals surface area contributed by atoms with Crippen molar-refractivity contribution in [1.82, 2.24) is 10.5 Å². The number of likely N-dealkylation sites (N-methyl/N-ethyl adjacent to an activating group) is 1. The molecule has 3 rings (SSSR count). The number of hydrogen-bond donors (Lipinski definition) is 1. The van der Waals surface area contributed by atoms with Crippen molar-refractivity contribution in [2.24, 2.45) is 0 Å². The summed E-state index contributed by atoms with van der Waals surface area (Å²) in [4.78, 5) is 11.9. The summed E-state index contributed by atoms with van der Waals surface area (Å²) in [7, 11) is 3.27. The highest BCUT2D eigenvalue weighted by Crippen LogP contribution is 2.48. The molecule has 1 fully saturated rings. The molecule has 1 aromatic heterocycles. The number of hydrogen-bond acceptors (Lipinski definition) is 4. The van der Waals surface area contributed by atoms with Gasteiger partial charge in [-0.3, -0.25) is 4.79 Å². The lowest BCUT2D eigenvalue weighted by molar-refractivity contribution is -0.123. The van der Waals surface area contributed by atoms with Crippen molar-refractivity contribution < 1.29 is 14.1 Å². The van der Waals surface area contributed by atoms with E-state index in [0.29, 0.717) is 11.5 Å². The molecule has 20 heavy (non-hydrogen) atoms. The van der Waals surface area contributed by atoms with E-state index in [-0.39, 0.29) is 5.91 Å². The number of nitrogens with one attached hydrogen (secondary N) is 1. The highest BCUT2D eigenvalue weighted by atomic mass is 16.5. The van der Waals surface area contributed by atoms with Gasteiger partial charge in [0, 0.05) is 18.7 Å². The first-order chi connectivity index (χ1) is 9.69. The summed E-state index contributed by atoms with van der Waals surface area (Å²) in [6.07, 6.45) is 1.63. The monoisotopic (exact) mass is 272 g/mol. The first-order valence-corrected chi connectivity index (χ1v) is 6.53. The van der Waals surface area contributed by atoms with Crippen molar-refractivity contribution >= 4 is 5.91 Å². The van der Waals surface area contributed by atoms with E-state index in [0.717, 1.165) is 24.2 Å². The van der Waals surface area contributed by atoms with Crippen LogP contribution in [0.15, 0.2) is 34.9 Å². The van der Waals surface area contributed by atoms with Crippen LogP contribution < -0.4 is 10.1 Å². The summed E-state index contributed by atoms with van der Waals surface area (Å²) < 4.78 is 10.6.